The Morgan fingerprint density at radius 1 is 1.00 bits per heavy atom. The van der Waals surface area contributed by atoms with E-state index in [0.29, 0.717) is 0 Å². The number of hydrogen-bond donors (Lipinski definition) is 0. The lowest BCUT2D eigenvalue weighted by Gasteiger charge is -2.03. The molecule has 0 N–H and O–H groups in total. The van der Waals surface area contributed by atoms with Crippen LogP contribution in [0.3, 0.4) is 0 Å². The highest BCUT2D eigenvalue weighted by Gasteiger charge is 2.10. The first-order valence-corrected chi connectivity index (χ1v) is 6.31. The minimum Gasteiger partial charge on any atom is -0.497 e. The molecule has 1 heterocycles. The summed E-state index contributed by atoms with van der Waals surface area (Å²) in [6.07, 6.45) is 0. The van der Waals surface area contributed by atoms with Gasteiger partial charge in [-0.3, -0.25) is 0 Å². The van der Waals surface area contributed by atoms with Gasteiger partial charge >= 0.3 is 0 Å². The molecule has 92 valence electrons. The van der Waals surface area contributed by atoms with E-state index in [-0.39, 0.29) is 0 Å². The van der Waals surface area contributed by atoms with Crippen LogP contribution in [0.1, 0.15) is 12.5 Å². The number of aromatic nitrogens is 1. The van der Waals surface area contributed by atoms with Crippen molar-refractivity contribution in [1.29, 1.82) is 0 Å². The van der Waals surface area contributed by atoms with Gasteiger partial charge in [-0.15, -0.1) is 0 Å². The quantitative estimate of drug-likeness (QED) is 0.655. The standard InChI is InChI=1S/C16H17NO/c1-4-17-15-7-5-11(2)9-13(15)14-10-12(18-3)6-8-16(14)17/h5-10H,4H2,1-3H3. The Bertz CT molecular complexity index is 725. The van der Waals surface area contributed by atoms with Crippen LogP contribution in [0.25, 0.3) is 21.8 Å². The molecule has 2 nitrogen and oxygen atoms in total. The predicted molar refractivity (Wildman–Crippen MR) is 76.4 cm³/mol. The SMILES string of the molecule is CCn1c2ccc(C)cc2c2cc(OC)ccc21. The Morgan fingerprint density at radius 2 is 1.67 bits per heavy atom. The normalized spacial score (nSPS) is 11.3. The van der Waals surface area contributed by atoms with Crippen LogP contribution < -0.4 is 4.74 Å². The van der Waals surface area contributed by atoms with Gasteiger partial charge in [-0.05, 0) is 44.2 Å². The van der Waals surface area contributed by atoms with Crippen LogP contribution in [-0.2, 0) is 6.54 Å². The third-order valence-electron chi connectivity index (χ3n) is 3.54. The molecule has 1 aromatic heterocycles. The third-order valence-corrected chi connectivity index (χ3v) is 3.54. The van der Waals surface area contributed by atoms with Crippen molar-refractivity contribution in [3.63, 3.8) is 0 Å². The van der Waals surface area contributed by atoms with Crippen LogP contribution in [0.4, 0.5) is 0 Å². The molecule has 0 atom stereocenters. The zero-order valence-corrected chi connectivity index (χ0v) is 11.0. The molecule has 0 fully saturated rings. The number of ether oxygens (including phenoxy) is 1. The summed E-state index contributed by atoms with van der Waals surface area (Å²) < 4.78 is 7.69. The Morgan fingerprint density at radius 3 is 2.33 bits per heavy atom. The molecule has 0 spiro atoms. The number of methoxy groups -OCH3 is 1. The second-order valence-corrected chi connectivity index (χ2v) is 4.65. The zero-order valence-electron chi connectivity index (χ0n) is 11.0. The van der Waals surface area contributed by atoms with Crippen LogP contribution in [0.2, 0.25) is 0 Å². The van der Waals surface area contributed by atoms with Crippen molar-refractivity contribution in [3.05, 3.63) is 42.0 Å². The van der Waals surface area contributed by atoms with Gasteiger partial charge in [0.2, 0.25) is 0 Å². The molecule has 0 unspecified atom stereocenters. The molecule has 3 aromatic rings. The highest BCUT2D eigenvalue weighted by atomic mass is 16.5. The lowest BCUT2D eigenvalue weighted by atomic mass is 10.1. The van der Waals surface area contributed by atoms with Crippen molar-refractivity contribution in [2.45, 2.75) is 20.4 Å². The lowest BCUT2D eigenvalue weighted by molar-refractivity contribution is 0.415. The number of benzene rings is 2. The van der Waals surface area contributed by atoms with Gasteiger partial charge in [0.25, 0.3) is 0 Å². The summed E-state index contributed by atoms with van der Waals surface area (Å²) in [7, 11) is 1.71. The Hall–Kier alpha value is -1.96. The van der Waals surface area contributed by atoms with Gasteiger partial charge in [0.1, 0.15) is 5.75 Å². The first kappa shape index (κ1) is 11.1. The fourth-order valence-electron chi connectivity index (χ4n) is 2.66. The molecule has 0 saturated heterocycles. The maximum atomic E-state index is 5.34. The summed E-state index contributed by atoms with van der Waals surface area (Å²) in [5, 5.41) is 2.58. The summed E-state index contributed by atoms with van der Waals surface area (Å²) in [4.78, 5) is 0. The average Bonchev–Trinajstić information content (AvgIpc) is 2.71. The molecule has 0 saturated carbocycles. The van der Waals surface area contributed by atoms with E-state index in [0.717, 1.165) is 12.3 Å². The third kappa shape index (κ3) is 1.49. The molecule has 0 bridgehead atoms. The van der Waals surface area contributed by atoms with Crippen molar-refractivity contribution in [3.8, 4) is 5.75 Å². The van der Waals surface area contributed by atoms with Gasteiger partial charge in [0.05, 0.1) is 7.11 Å². The van der Waals surface area contributed by atoms with Gasteiger partial charge in [0, 0.05) is 28.4 Å². The molecule has 0 radical (unpaired) electrons. The fraction of sp³-hybridized carbons (Fsp3) is 0.250. The highest BCUT2D eigenvalue weighted by molar-refractivity contribution is 6.08. The molecule has 0 aliphatic heterocycles. The maximum Gasteiger partial charge on any atom is 0.119 e. The molecule has 0 aliphatic rings. The molecule has 2 heteroatoms. The maximum absolute atomic E-state index is 5.34. The minimum absolute atomic E-state index is 0.916. The summed E-state index contributed by atoms with van der Waals surface area (Å²) >= 11 is 0. The number of aryl methyl sites for hydroxylation is 2. The Balaban J connectivity index is 2.49. The van der Waals surface area contributed by atoms with E-state index in [1.165, 1.54) is 27.4 Å². The van der Waals surface area contributed by atoms with E-state index >= 15 is 0 Å². The van der Waals surface area contributed by atoms with Crippen molar-refractivity contribution >= 4 is 21.8 Å². The second kappa shape index (κ2) is 4.05. The summed E-state index contributed by atoms with van der Waals surface area (Å²) in [6.45, 7) is 5.30. The van der Waals surface area contributed by atoms with Crippen LogP contribution >= 0.6 is 0 Å². The van der Waals surface area contributed by atoms with E-state index in [1.54, 1.807) is 7.11 Å². The van der Waals surface area contributed by atoms with E-state index in [4.69, 9.17) is 4.74 Å². The fourth-order valence-corrected chi connectivity index (χ4v) is 2.66. The highest BCUT2D eigenvalue weighted by Crippen LogP contribution is 2.32. The van der Waals surface area contributed by atoms with E-state index in [9.17, 15) is 0 Å². The molecule has 2 aromatic carbocycles. The first-order valence-electron chi connectivity index (χ1n) is 6.31. The zero-order chi connectivity index (χ0) is 12.7. The average molecular weight is 239 g/mol. The van der Waals surface area contributed by atoms with Crippen molar-refractivity contribution in [2.24, 2.45) is 0 Å². The van der Waals surface area contributed by atoms with Crippen molar-refractivity contribution in [2.75, 3.05) is 7.11 Å². The predicted octanol–water partition coefficient (Wildman–Crippen LogP) is 4.13. The number of rotatable bonds is 2. The van der Waals surface area contributed by atoms with Crippen LogP contribution in [-0.4, -0.2) is 11.7 Å². The monoisotopic (exact) mass is 239 g/mol. The number of hydrogen-bond acceptors (Lipinski definition) is 1. The van der Waals surface area contributed by atoms with Gasteiger partial charge in [0.15, 0.2) is 0 Å². The van der Waals surface area contributed by atoms with Gasteiger partial charge in [-0.1, -0.05) is 11.6 Å². The largest absolute Gasteiger partial charge is 0.497 e. The molecular weight excluding hydrogens is 222 g/mol. The number of nitrogens with zero attached hydrogens (tertiary/aromatic N) is 1. The van der Waals surface area contributed by atoms with E-state index in [1.807, 2.05) is 6.07 Å². The van der Waals surface area contributed by atoms with Crippen LogP contribution in [0.15, 0.2) is 36.4 Å². The van der Waals surface area contributed by atoms with Crippen molar-refractivity contribution < 1.29 is 4.74 Å². The lowest BCUT2D eigenvalue weighted by Crippen LogP contribution is -1.92. The molecular formula is C16H17NO. The second-order valence-electron chi connectivity index (χ2n) is 4.65. The molecule has 0 amide bonds. The van der Waals surface area contributed by atoms with Gasteiger partial charge in [-0.2, -0.15) is 0 Å². The summed E-state index contributed by atoms with van der Waals surface area (Å²) in [5.41, 5.74) is 3.87. The molecule has 3 rings (SSSR count). The van der Waals surface area contributed by atoms with Gasteiger partial charge in [-0.25, -0.2) is 0 Å². The van der Waals surface area contributed by atoms with E-state index in [2.05, 4.69) is 48.7 Å². The molecule has 0 aliphatic carbocycles. The summed E-state index contributed by atoms with van der Waals surface area (Å²) in [6, 6.07) is 12.9. The van der Waals surface area contributed by atoms with Crippen LogP contribution in [0, 0.1) is 6.92 Å². The Kier molecular flexibility index (Phi) is 2.51. The number of fused-ring (bicyclic) bond motifs is 3. The van der Waals surface area contributed by atoms with Crippen LogP contribution in [0.5, 0.6) is 5.75 Å². The first-order chi connectivity index (χ1) is 8.74. The Labute approximate surface area is 107 Å². The molecule has 18 heavy (non-hydrogen) atoms. The van der Waals surface area contributed by atoms with E-state index < -0.39 is 0 Å². The topological polar surface area (TPSA) is 14.2 Å². The minimum atomic E-state index is 0.916. The van der Waals surface area contributed by atoms with Crippen molar-refractivity contribution in [1.82, 2.24) is 4.57 Å². The van der Waals surface area contributed by atoms with Gasteiger partial charge < -0.3 is 9.30 Å². The smallest absolute Gasteiger partial charge is 0.119 e. The summed E-state index contributed by atoms with van der Waals surface area (Å²) in [5.74, 6) is 0.916.